The monoisotopic (exact) mass is 257 g/mol. The molecule has 1 aromatic carbocycles. The van der Waals surface area contributed by atoms with Crippen LogP contribution in [0.15, 0.2) is 28.7 Å². The Morgan fingerprint density at radius 2 is 2.14 bits per heavy atom. The van der Waals surface area contributed by atoms with Gasteiger partial charge in [-0.2, -0.15) is 0 Å². The van der Waals surface area contributed by atoms with Crippen molar-refractivity contribution in [1.29, 1.82) is 0 Å². The number of methoxy groups -OCH3 is 1. The fourth-order valence-electron chi connectivity index (χ4n) is 1.23. The maximum Gasteiger partial charge on any atom is 0.0504 e. The zero-order chi connectivity index (χ0) is 10.4. The van der Waals surface area contributed by atoms with Gasteiger partial charge in [-0.05, 0) is 34.0 Å². The lowest BCUT2D eigenvalue weighted by atomic mass is 10.2. The molecule has 0 heterocycles. The number of para-hydroxylation sites is 1. The van der Waals surface area contributed by atoms with E-state index in [4.69, 9.17) is 4.74 Å². The van der Waals surface area contributed by atoms with Crippen molar-refractivity contribution >= 4 is 21.6 Å². The van der Waals surface area contributed by atoms with E-state index in [1.807, 2.05) is 18.2 Å². The van der Waals surface area contributed by atoms with Crippen molar-refractivity contribution in [1.82, 2.24) is 0 Å². The molecule has 0 aliphatic heterocycles. The summed E-state index contributed by atoms with van der Waals surface area (Å²) in [5.41, 5.74) is 1.13. The van der Waals surface area contributed by atoms with Gasteiger partial charge in [-0.25, -0.2) is 0 Å². The van der Waals surface area contributed by atoms with Crippen LogP contribution in [0, 0.1) is 5.92 Å². The number of benzene rings is 1. The first-order valence-corrected chi connectivity index (χ1v) is 5.50. The highest BCUT2D eigenvalue weighted by molar-refractivity contribution is 9.10. The Balaban J connectivity index is 2.41. The third-order valence-electron chi connectivity index (χ3n) is 1.97. The van der Waals surface area contributed by atoms with Crippen LogP contribution in [0.25, 0.3) is 0 Å². The number of anilines is 1. The molecule has 0 radical (unpaired) electrons. The molecule has 0 aliphatic carbocycles. The predicted molar refractivity (Wildman–Crippen MR) is 63.7 cm³/mol. The fourth-order valence-corrected chi connectivity index (χ4v) is 1.66. The van der Waals surface area contributed by atoms with Crippen molar-refractivity contribution in [2.75, 3.05) is 25.6 Å². The van der Waals surface area contributed by atoms with Gasteiger partial charge in [-0.3, -0.25) is 0 Å². The lowest BCUT2D eigenvalue weighted by molar-refractivity contribution is 0.164. The van der Waals surface area contributed by atoms with Crippen LogP contribution in [-0.2, 0) is 4.74 Å². The summed E-state index contributed by atoms with van der Waals surface area (Å²) in [5, 5.41) is 3.37. The molecule has 0 aliphatic rings. The number of hydrogen-bond donors (Lipinski definition) is 1. The van der Waals surface area contributed by atoms with Gasteiger partial charge < -0.3 is 10.1 Å². The average Bonchev–Trinajstić information content (AvgIpc) is 2.17. The summed E-state index contributed by atoms with van der Waals surface area (Å²) in [6, 6.07) is 8.12. The smallest absolute Gasteiger partial charge is 0.0504 e. The second-order valence-corrected chi connectivity index (χ2v) is 4.28. The maximum atomic E-state index is 5.07. The van der Waals surface area contributed by atoms with E-state index in [1.165, 1.54) is 0 Å². The van der Waals surface area contributed by atoms with E-state index in [9.17, 15) is 0 Å². The van der Waals surface area contributed by atoms with E-state index in [2.05, 4.69) is 34.2 Å². The molecule has 1 N–H and O–H groups in total. The van der Waals surface area contributed by atoms with E-state index in [-0.39, 0.29) is 0 Å². The summed E-state index contributed by atoms with van der Waals surface area (Å²) in [6.45, 7) is 3.88. The van der Waals surface area contributed by atoms with Crippen molar-refractivity contribution in [3.05, 3.63) is 28.7 Å². The van der Waals surface area contributed by atoms with Gasteiger partial charge in [-0.1, -0.05) is 19.1 Å². The summed E-state index contributed by atoms with van der Waals surface area (Å²) in [4.78, 5) is 0. The molecule has 1 rings (SSSR count). The van der Waals surface area contributed by atoms with E-state index in [1.54, 1.807) is 7.11 Å². The van der Waals surface area contributed by atoms with Gasteiger partial charge in [0.15, 0.2) is 0 Å². The number of ether oxygens (including phenoxy) is 1. The highest BCUT2D eigenvalue weighted by Gasteiger charge is 2.02. The van der Waals surface area contributed by atoms with Crippen LogP contribution in [0.5, 0.6) is 0 Å². The van der Waals surface area contributed by atoms with Crippen molar-refractivity contribution in [3.8, 4) is 0 Å². The zero-order valence-electron chi connectivity index (χ0n) is 8.59. The van der Waals surface area contributed by atoms with Crippen molar-refractivity contribution in [2.24, 2.45) is 5.92 Å². The van der Waals surface area contributed by atoms with Gasteiger partial charge >= 0.3 is 0 Å². The molecule has 0 bridgehead atoms. The van der Waals surface area contributed by atoms with Crippen LogP contribution in [-0.4, -0.2) is 20.3 Å². The molecule has 0 aromatic heterocycles. The Morgan fingerprint density at radius 1 is 1.43 bits per heavy atom. The summed E-state index contributed by atoms with van der Waals surface area (Å²) in [5.74, 6) is 0.520. The van der Waals surface area contributed by atoms with Crippen LogP contribution in [0.4, 0.5) is 5.69 Å². The quantitative estimate of drug-likeness (QED) is 0.876. The van der Waals surface area contributed by atoms with E-state index < -0.39 is 0 Å². The summed E-state index contributed by atoms with van der Waals surface area (Å²) >= 11 is 3.49. The van der Waals surface area contributed by atoms with Crippen molar-refractivity contribution in [2.45, 2.75) is 6.92 Å². The topological polar surface area (TPSA) is 21.3 Å². The third kappa shape index (κ3) is 3.68. The molecular formula is C11H16BrNO. The zero-order valence-corrected chi connectivity index (χ0v) is 10.2. The van der Waals surface area contributed by atoms with Crippen LogP contribution >= 0.6 is 15.9 Å². The van der Waals surface area contributed by atoms with Crippen LogP contribution in [0.3, 0.4) is 0 Å². The molecule has 0 spiro atoms. The van der Waals surface area contributed by atoms with E-state index in [0.29, 0.717) is 5.92 Å². The number of halogens is 1. The first kappa shape index (κ1) is 11.5. The molecular weight excluding hydrogens is 242 g/mol. The Bertz CT molecular complexity index is 278. The molecule has 1 unspecified atom stereocenters. The van der Waals surface area contributed by atoms with Gasteiger partial charge in [-0.15, -0.1) is 0 Å². The molecule has 0 fully saturated rings. The molecule has 14 heavy (non-hydrogen) atoms. The maximum absolute atomic E-state index is 5.07. The number of rotatable bonds is 5. The minimum Gasteiger partial charge on any atom is -0.384 e. The van der Waals surface area contributed by atoms with Crippen LogP contribution in [0.1, 0.15) is 6.92 Å². The van der Waals surface area contributed by atoms with Gasteiger partial charge in [0.25, 0.3) is 0 Å². The summed E-state index contributed by atoms with van der Waals surface area (Å²) in [6.07, 6.45) is 0. The highest BCUT2D eigenvalue weighted by atomic mass is 79.9. The lowest BCUT2D eigenvalue weighted by Gasteiger charge is -2.13. The number of nitrogens with one attached hydrogen (secondary N) is 1. The fraction of sp³-hybridized carbons (Fsp3) is 0.455. The van der Waals surface area contributed by atoms with E-state index in [0.717, 1.165) is 23.3 Å². The number of hydrogen-bond acceptors (Lipinski definition) is 2. The second-order valence-electron chi connectivity index (χ2n) is 3.42. The minimum atomic E-state index is 0.520. The normalized spacial score (nSPS) is 12.5. The summed E-state index contributed by atoms with van der Waals surface area (Å²) < 4.78 is 6.17. The summed E-state index contributed by atoms with van der Waals surface area (Å²) in [7, 11) is 1.73. The Kier molecular flexibility index (Phi) is 4.98. The standard InChI is InChI=1S/C11H16BrNO/c1-9(8-14-2)7-13-11-6-4-3-5-10(11)12/h3-6,9,13H,7-8H2,1-2H3. The van der Waals surface area contributed by atoms with Gasteiger partial charge in [0, 0.05) is 23.8 Å². The van der Waals surface area contributed by atoms with Crippen molar-refractivity contribution in [3.63, 3.8) is 0 Å². The molecule has 0 saturated carbocycles. The average molecular weight is 258 g/mol. The molecule has 0 amide bonds. The lowest BCUT2D eigenvalue weighted by Crippen LogP contribution is -2.15. The minimum absolute atomic E-state index is 0.520. The molecule has 78 valence electrons. The Labute approximate surface area is 93.8 Å². The molecule has 1 atom stereocenters. The first-order chi connectivity index (χ1) is 6.74. The third-order valence-corrected chi connectivity index (χ3v) is 2.66. The highest BCUT2D eigenvalue weighted by Crippen LogP contribution is 2.21. The molecule has 0 saturated heterocycles. The largest absolute Gasteiger partial charge is 0.384 e. The van der Waals surface area contributed by atoms with Gasteiger partial charge in [0.2, 0.25) is 0 Å². The predicted octanol–water partition coefficient (Wildman–Crippen LogP) is 3.14. The Morgan fingerprint density at radius 3 is 2.79 bits per heavy atom. The molecule has 1 aromatic rings. The van der Waals surface area contributed by atoms with Crippen LogP contribution < -0.4 is 5.32 Å². The Hall–Kier alpha value is -0.540. The molecule has 2 nitrogen and oxygen atoms in total. The molecule has 3 heteroatoms. The first-order valence-electron chi connectivity index (χ1n) is 4.71. The van der Waals surface area contributed by atoms with Crippen LogP contribution in [0.2, 0.25) is 0 Å². The van der Waals surface area contributed by atoms with Gasteiger partial charge in [0.1, 0.15) is 0 Å². The van der Waals surface area contributed by atoms with Crippen molar-refractivity contribution < 1.29 is 4.74 Å². The van der Waals surface area contributed by atoms with E-state index >= 15 is 0 Å². The van der Waals surface area contributed by atoms with Gasteiger partial charge in [0.05, 0.1) is 6.61 Å². The second kappa shape index (κ2) is 6.04. The SMILES string of the molecule is COCC(C)CNc1ccccc1Br.